The summed E-state index contributed by atoms with van der Waals surface area (Å²) in [5.74, 6) is 0.695. The third-order valence-corrected chi connectivity index (χ3v) is 3.17. The molecule has 0 aliphatic heterocycles. The summed E-state index contributed by atoms with van der Waals surface area (Å²) in [6, 6.07) is 4.00. The van der Waals surface area contributed by atoms with E-state index in [1.807, 2.05) is 17.5 Å². The summed E-state index contributed by atoms with van der Waals surface area (Å²) in [6.07, 6.45) is 2.21. The third kappa shape index (κ3) is 2.10. The highest BCUT2D eigenvalue weighted by molar-refractivity contribution is 9.10. The van der Waals surface area contributed by atoms with Crippen LogP contribution in [-0.4, -0.2) is 9.97 Å². The van der Waals surface area contributed by atoms with Crippen molar-refractivity contribution in [2.75, 3.05) is 0 Å². The fraction of sp³-hybridized carbons (Fsp3) is 0.111. The van der Waals surface area contributed by atoms with Crippen molar-refractivity contribution in [1.29, 1.82) is 0 Å². The minimum atomic E-state index is -0.133. The average Bonchev–Trinajstić information content (AvgIpc) is 2.64. The maximum atomic E-state index is 11.2. The molecule has 14 heavy (non-hydrogen) atoms. The molecule has 2 aromatic heterocycles. The maximum absolute atomic E-state index is 11.2. The largest absolute Gasteiger partial charge is 0.309 e. The van der Waals surface area contributed by atoms with Gasteiger partial charge in [0.05, 0.1) is 0 Å². The molecule has 5 heteroatoms. The zero-order chi connectivity index (χ0) is 9.97. The predicted octanol–water partition coefficient (Wildman–Crippen LogP) is 2.18. The first kappa shape index (κ1) is 9.61. The van der Waals surface area contributed by atoms with Crippen molar-refractivity contribution in [2.24, 2.45) is 0 Å². The summed E-state index contributed by atoms with van der Waals surface area (Å²) < 4.78 is 0.465. The Labute approximate surface area is 93.0 Å². The maximum Gasteiger partial charge on any atom is 0.265 e. The molecule has 0 fully saturated rings. The normalized spacial score (nSPS) is 10.4. The van der Waals surface area contributed by atoms with Gasteiger partial charge in [0.15, 0.2) is 0 Å². The molecule has 0 saturated carbocycles. The molecule has 0 amide bonds. The molecule has 0 aromatic carbocycles. The Kier molecular flexibility index (Phi) is 2.79. The number of halogens is 1. The summed E-state index contributed by atoms with van der Waals surface area (Å²) in [4.78, 5) is 19.2. The van der Waals surface area contributed by atoms with Gasteiger partial charge in [-0.25, -0.2) is 4.98 Å². The van der Waals surface area contributed by atoms with Crippen LogP contribution in [0.2, 0.25) is 0 Å². The van der Waals surface area contributed by atoms with E-state index in [1.54, 1.807) is 11.3 Å². The van der Waals surface area contributed by atoms with Crippen LogP contribution in [-0.2, 0) is 6.42 Å². The molecule has 0 aliphatic carbocycles. The van der Waals surface area contributed by atoms with Gasteiger partial charge >= 0.3 is 0 Å². The van der Waals surface area contributed by atoms with Gasteiger partial charge in [-0.15, -0.1) is 11.3 Å². The molecule has 0 saturated heterocycles. The molecular formula is C9H7BrN2OS. The number of H-pyrrole nitrogens is 1. The van der Waals surface area contributed by atoms with Crippen LogP contribution in [0.15, 0.2) is 33.0 Å². The van der Waals surface area contributed by atoms with Gasteiger partial charge in [0, 0.05) is 17.5 Å². The first-order valence-electron chi connectivity index (χ1n) is 4.02. The molecule has 3 nitrogen and oxygen atoms in total. The number of thiophene rings is 1. The average molecular weight is 271 g/mol. The van der Waals surface area contributed by atoms with E-state index in [2.05, 4.69) is 25.9 Å². The number of hydrogen-bond donors (Lipinski definition) is 1. The second kappa shape index (κ2) is 4.06. The Balaban J connectivity index is 2.26. The highest BCUT2D eigenvalue weighted by Crippen LogP contribution is 2.11. The molecule has 0 aliphatic rings. The van der Waals surface area contributed by atoms with Crippen molar-refractivity contribution in [1.82, 2.24) is 9.97 Å². The van der Waals surface area contributed by atoms with E-state index in [4.69, 9.17) is 0 Å². The Morgan fingerprint density at radius 3 is 3.07 bits per heavy atom. The lowest BCUT2D eigenvalue weighted by Crippen LogP contribution is -2.11. The lowest BCUT2D eigenvalue weighted by Gasteiger charge is -1.97. The van der Waals surface area contributed by atoms with Gasteiger partial charge in [0.1, 0.15) is 10.3 Å². The lowest BCUT2D eigenvalue weighted by atomic mass is 10.3. The fourth-order valence-electron chi connectivity index (χ4n) is 1.08. The number of nitrogens with one attached hydrogen (secondary N) is 1. The van der Waals surface area contributed by atoms with Crippen LogP contribution in [0, 0.1) is 0 Å². The molecular weight excluding hydrogens is 264 g/mol. The zero-order valence-electron chi connectivity index (χ0n) is 7.16. The first-order valence-corrected chi connectivity index (χ1v) is 5.69. The smallest absolute Gasteiger partial charge is 0.265 e. The van der Waals surface area contributed by atoms with Crippen LogP contribution in [0.1, 0.15) is 10.7 Å². The van der Waals surface area contributed by atoms with Crippen LogP contribution in [0.25, 0.3) is 0 Å². The summed E-state index contributed by atoms with van der Waals surface area (Å²) in [6.45, 7) is 0. The van der Waals surface area contributed by atoms with Gasteiger partial charge in [-0.2, -0.15) is 0 Å². The number of aromatic amines is 1. The number of aromatic nitrogens is 2. The van der Waals surface area contributed by atoms with Crippen LogP contribution in [0.5, 0.6) is 0 Å². The molecule has 0 radical (unpaired) electrons. The van der Waals surface area contributed by atoms with E-state index < -0.39 is 0 Å². The third-order valence-electron chi connectivity index (χ3n) is 1.73. The second-order valence-corrected chi connectivity index (χ2v) is 4.65. The summed E-state index contributed by atoms with van der Waals surface area (Å²) in [5.41, 5.74) is -0.133. The van der Waals surface area contributed by atoms with Crippen molar-refractivity contribution >= 4 is 27.3 Å². The molecule has 0 spiro atoms. The lowest BCUT2D eigenvalue weighted by molar-refractivity contribution is 0.947. The van der Waals surface area contributed by atoms with Gasteiger partial charge in [0.25, 0.3) is 5.56 Å². The summed E-state index contributed by atoms with van der Waals surface area (Å²) in [7, 11) is 0. The van der Waals surface area contributed by atoms with Crippen LogP contribution < -0.4 is 5.56 Å². The van der Waals surface area contributed by atoms with E-state index in [9.17, 15) is 4.79 Å². The zero-order valence-corrected chi connectivity index (χ0v) is 9.56. The van der Waals surface area contributed by atoms with Crippen molar-refractivity contribution in [3.05, 3.63) is 49.2 Å². The summed E-state index contributed by atoms with van der Waals surface area (Å²) >= 11 is 4.76. The summed E-state index contributed by atoms with van der Waals surface area (Å²) in [5, 5.41) is 2.01. The van der Waals surface area contributed by atoms with E-state index in [0.717, 1.165) is 0 Å². The van der Waals surface area contributed by atoms with Gasteiger partial charge in [-0.05, 0) is 27.4 Å². The van der Waals surface area contributed by atoms with Gasteiger partial charge in [0.2, 0.25) is 0 Å². The standard InChI is InChI=1S/C9H7BrN2OS/c10-7-5-11-8(12-9(7)13)4-6-2-1-3-14-6/h1-3,5H,4H2,(H,11,12,13). The first-order chi connectivity index (χ1) is 6.75. The van der Waals surface area contributed by atoms with E-state index in [0.29, 0.717) is 16.7 Å². The molecule has 72 valence electrons. The monoisotopic (exact) mass is 270 g/mol. The Morgan fingerprint density at radius 2 is 2.43 bits per heavy atom. The number of nitrogens with zero attached hydrogens (tertiary/aromatic N) is 1. The minimum absolute atomic E-state index is 0.133. The van der Waals surface area contributed by atoms with Crippen molar-refractivity contribution in [3.8, 4) is 0 Å². The minimum Gasteiger partial charge on any atom is -0.309 e. The van der Waals surface area contributed by atoms with Crippen molar-refractivity contribution < 1.29 is 0 Å². The van der Waals surface area contributed by atoms with Crippen LogP contribution in [0.4, 0.5) is 0 Å². The quantitative estimate of drug-likeness (QED) is 0.910. The van der Waals surface area contributed by atoms with Crippen molar-refractivity contribution in [3.63, 3.8) is 0 Å². The van der Waals surface area contributed by atoms with Crippen LogP contribution >= 0.6 is 27.3 Å². The van der Waals surface area contributed by atoms with Gasteiger partial charge < -0.3 is 4.98 Å². The highest BCUT2D eigenvalue weighted by Gasteiger charge is 2.01. The van der Waals surface area contributed by atoms with E-state index >= 15 is 0 Å². The van der Waals surface area contributed by atoms with Gasteiger partial charge in [-0.1, -0.05) is 6.07 Å². The number of hydrogen-bond acceptors (Lipinski definition) is 3. The molecule has 0 bridgehead atoms. The predicted molar refractivity (Wildman–Crippen MR) is 59.7 cm³/mol. The molecule has 1 N–H and O–H groups in total. The SMILES string of the molecule is O=c1[nH]c(Cc2cccs2)ncc1Br. The molecule has 2 heterocycles. The highest BCUT2D eigenvalue weighted by atomic mass is 79.9. The molecule has 0 atom stereocenters. The number of rotatable bonds is 2. The topological polar surface area (TPSA) is 45.8 Å². The Morgan fingerprint density at radius 1 is 1.57 bits per heavy atom. The van der Waals surface area contributed by atoms with E-state index in [-0.39, 0.29) is 5.56 Å². The Bertz CT molecular complexity index is 478. The van der Waals surface area contributed by atoms with Crippen molar-refractivity contribution in [2.45, 2.75) is 6.42 Å². The molecule has 2 rings (SSSR count). The van der Waals surface area contributed by atoms with E-state index in [1.165, 1.54) is 11.1 Å². The molecule has 0 unspecified atom stereocenters. The van der Waals surface area contributed by atoms with Gasteiger partial charge in [-0.3, -0.25) is 4.79 Å². The fourth-order valence-corrected chi connectivity index (χ4v) is 1.99. The Hall–Kier alpha value is -0.940. The second-order valence-electron chi connectivity index (χ2n) is 2.76. The molecule has 2 aromatic rings. The van der Waals surface area contributed by atoms with Crippen LogP contribution in [0.3, 0.4) is 0 Å².